The van der Waals surface area contributed by atoms with Gasteiger partial charge in [-0.25, -0.2) is 4.39 Å². The summed E-state index contributed by atoms with van der Waals surface area (Å²) in [6.07, 6.45) is 1.08. The summed E-state index contributed by atoms with van der Waals surface area (Å²) in [6, 6.07) is 13.8. The maximum Gasteiger partial charge on any atom is 0.139 e. The van der Waals surface area contributed by atoms with E-state index >= 15 is 0 Å². The van der Waals surface area contributed by atoms with Gasteiger partial charge in [0, 0.05) is 18.0 Å². The predicted molar refractivity (Wildman–Crippen MR) is 79.7 cm³/mol. The quantitative estimate of drug-likeness (QED) is 0.834. The van der Waals surface area contributed by atoms with E-state index in [0.717, 1.165) is 12.1 Å². The van der Waals surface area contributed by atoms with Crippen molar-refractivity contribution in [3.05, 3.63) is 58.3 Å². The molecule has 2 nitrogen and oxygen atoms in total. The van der Waals surface area contributed by atoms with Crippen molar-refractivity contribution >= 4 is 27.3 Å². The number of nitrogens with one attached hydrogen (secondary N) is 1. The van der Waals surface area contributed by atoms with E-state index in [1.165, 1.54) is 11.6 Å². The normalized spacial score (nSPS) is 21.2. The molecule has 0 spiro atoms. The van der Waals surface area contributed by atoms with Crippen molar-refractivity contribution in [3.8, 4) is 0 Å². The molecule has 0 heterocycles. The van der Waals surface area contributed by atoms with Gasteiger partial charge in [-0.3, -0.25) is 0 Å². The second-order valence-electron chi connectivity index (χ2n) is 4.86. The summed E-state index contributed by atoms with van der Waals surface area (Å²) in [5, 5.41) is 3.38. The summed E-state index contributed by atoms with van der Waals surface area (Å²) in [6.45, 7) is 0. The second-order valence-corrected chi connectivity index (χ2v) is 5.71. The van der Waals surface area contributed by atoms with E-state index in [9.17, 15) is 4.39 Å². The molecule has 1 fully saturated rings. The third-order valence-electron chi connectivity index (χ3n) is 3.45. The molecular weight excluding hydrogens is 307 g/mol. The lowest BCUT2D eigenvalue weighted by molar-refractivity contribution is 0.622. The van der Waals surface area contributed by atoms with Crippen LogP contribution in [0.4, 0.5) is 15.8 Å². The van der Waals surface area contributed by atoms with Gasteiger partial charge in [-0.05, 0) is 34.0 Å². The van der Waals surface area contributed by atoms with E-state index < -0.39 is 0 Å². The monoisotopic (exact) mass is 320 g/mol. The fourth-order valence-electron chi connectivity index (χ4n) is 2.31. The number of rotatable bonds is 3. The van der Waals surface area contributed by atoms with Gasteiger partial charge in [0.15, 0.2) is 0 Å². The van der Waals surface area contributed by atoms with Gasteiger partial charge < -0.3 is 11.1 Å². The number of anilines is 2. The van der Waals surface area contributed by atoms with Crippen LogP contribution in [0.2, 0.25) is 0 Å². The van der Waals surface area contributed by atoms with Crippen LogP contribution in [0.5, 0.6) is 0 Å². The van der Waals surface area contributed by atoms with Crippen LogP contribution >= 0.6 is 15.9 Å². The summed E-state index contributed by atoms with van der Waals surface area (Å²) in [4.78, 5) is 0. The Morgan fingerprint density at radius 1 is 1.21 bits per heavy atom. The number of nitrogen functional groups attached to an aromatic ring is 1. The van der Waals surface area contributed by atoms with Crippen LogP contribution in [0.15, 0.2) is 46.9 Å². The topological polar surface area (TPSA) is 38.0 Å². The highest BCUT2D eigenvalue weighted by Gasteiger charge is 2.38. The van der Waals surface area contributed by atoms with Crippen molar-refractivity contribution in [1.29, 1.82) is 0 Å². The van der Waals surface area contributed by atoms with Crippen molar-refractivity contribution in [3.63, 3.8) is 0 Å². The van der Waals surface area contributed by atoms with Gasteiger partial charge in [0.2, 0.25) is 0 Å². The largest absolute Gasteiger partial charge is 0.397 e. The van der Waals surface area contributed by atoms with Crippen LogP contribution in [0, 0.1) is 5.82 Å². The molecular formula is C15H14BrFN2. The first-order chi connectivity index (χ1) is 9.15. The fourth-order valence-corrected chi connectivity index (χ4v) is 2.65. The van der Waals surface area contributed by atoms with E-state index in [2.05, 4.69) is 33.4 Å². The lowest BCUT2D eigenvalue weighted by atomic mass is 10.1. The lowest BCUT2D eigenvalue weighted by Crippen LogP contribution is -2.07. The molecule has 0 saturated heterocycles. The predicted octanol–water partition coefficient (Wildman–Crippen LogP) is 4.14. The zero-order valence-corrected chi connectivity index (χ0v) is 11.8. The molecule has 3 N–H and O–H groups in total. The summed E-state index contributed by atoms with van der Waals surface area (Å²) < 4.78 is 13.7. The molecule has 0 radical (unpaired) electrons. The van der Waals surface area contributed by atoms with Crippen molar-refractivity contribution in [2.24, 2.45) is 0 Å². The number of hydrogen-bond donors (Lipinski definition) is 2. The van der Waals surface area contributed by atoms with Gasteiger partial charge in [0.1, 0.15) is 5.82 Å². The molecule has 1 aliphatic carbocycles. The second kappa shape index (κ2) is 4.85. The molecule has 2 aromatic carbocycles. The molecule has 19 heavy (non-hydrogen) atoms. The van der Waals surface area contributed by atoms with Gasteiger partial charge in [-0.1, -0.05) is 30.3 Å². The van der Waals surface area contributed by atoms with Gasteiger partial charge in [-0.15, -0.1) is 0 Å². The fraction of sp³-hybridized carbons (Fsp3) is 0.200. The molecule has 2 aromatic rings. The highest BCUT2D eigenvalue weighted by Crippen LogP contribution is 2.43. The van der Waals surface area contributed by atoms with Gasteiger partial charge >= 0.3 is 0 Å². The van der Waals surface area contributed by atoms with Crippen molar-refractivity contribution in [1.82, 2.24) is 0 Å². The van der Waals surface area contributed by atoms with Crippen LogP contribution in [-0.2, 0) is 0 Å². The van der Waals surface area contributed by atoms with E-state index in [4.69, 9.17) is 5.73 Å². The Bertz CT molecular complexity index is 601. The molecule has 4 heteroatoms. The van der Waals surface area contributed by atoms with E-state index in [1.54, 1.807) is 6.07 Å². The van der Waals surface area contributed by atoms with Crippen molar-refractivity contribution < 1.29 is 4.39 Å². The third-order valence-corrected chi connectivity index (χ3v) is 4.06. The lowest BCUT2D eigenvalue weighted by Gasteiger charge is -2.10. The Balaban J connectivity index is 1.73. The minimum absolute atomic E-state index is 0.335. The Labute approximate surface area is 120 Å². The minimum Gasteiger partial charge on any atom is -0.397 e. The van der Waals surface area contributed by atoms with Crippen molar-refractivity contribution in [2.45, 2.75) is 18.4 Å². The van der Waals surface area contributed by atoms with E-state index in [-0.39, 0.29) is 5.82 Å². The minimum atomic E-state index is -0.335. The van der Waals surface area contributed by atoms with Crippen LogP contribution in [0.3, 0.4) is 0 Å². The Morgan fingerprint density at radius 3 is 2.68 bits per heavy atom. The highest BCUT2D eigenvalue weighted by molar-refractivity contribution is 9.10. The summed E-state index contributed by atoms with van der Waals surface area (Å²) in [5.74, 6) is 0.183. The third kappa shape index (κ3) is 2.59. The first-order valence-electron chi connectivity index (χ1n) is 6.21. The molecule has 98 valence electrons. The first kappa shape index (κ1) is 12.5. The molecule has 3 rings (SSSR count). The zero-order valence-electron chi connectivity index (χ0n) is 10.2. The Hall–Kier alpha value is -1.55. The number of nitrogens with two attached hydrogens (primary N) is 1. The van der Waals surface area contributed by atoms with Crippen molar-refractivity contribution in [2.75, 3.05) is 11.1 Å². The summed E-state index contributed by atoms with van der Waals surface area (Å²) >= 11 is 3.18. The molecule has 2 unspecified atom stereocenters. The van der Waals surface area contributed by atoms with Crippen LogP contribution in [0.1, 0.15) is 17.9 Å². The maximum atomic E-state index is 13.3. The molecule has 0 amide bonds. The molecule has 0 bridgehead atoms. The average Bonchev–Trinajstić information content (AvgIpc) is 3.16. The Kier molecular flexibility index (Phi) is 3.19. The van der Waals surface area contributed by atoms with E-state index in [1.807, 2.05) is 18.2 Å². The molecule has 0 aliphatic heterocycles. The maximum absolute atomic E-state index is 13.3. The SMILES string of the molecule is Nc1cc(F)c(Br)cc1NC1CC1c1ccccc1. The summed E-state index contributed by atoms with van der Waals surface area (Å²) in [5.41, 5.74) is 8.39. The summed E-state index contributed by atoms with van der Waals surface area (Å²) in [7, 11) is 0. The van der Waals surface area contributed by atoms with Gasteiger partial charge in [-0.2, -0.15) is 0 Å². The van der Waals surface area contributed by atoms with Crippen LogP contribution in [0.25, 0.3) is 0 Å². The molecule has 1 aliphatic rings. The van der Waals surface area contributed by atoms with Crippen LogP contribution < -0.4 is 11.1 Å². The smallest absolute Gasteiger partial charge is 0.139 e. The molecule has 0 aromatic heterocycles. The van der Waals surface area contributed by atoms with Gasteiger partial charge in [0.05, 0.1) is 15.8 Å². The van der Waals surface area contributed by atoms with Crippen LogP contribution in [-0.4, -0.2) is 6.04 Å². The molecule has 2 atom stereocenters. The standard InChI is InChI=1S/C15H14BrFN2/c16-11-7-15(13(18)8-12(11)17)19-14-6-10(14)9-4-2-1-3-5-9/h1-5,7-8,10,14,19H,6,18H2. The number of hydrogen-bond acceptors (Lipinski definition) is 2. The Morgan fingerprint density at radius 2 is 1.95 bits per heavy atom. The highest BCUT2D eigenvalue weighted by atomic mass is 79.9. The number of halogens is 2. The van der Waals surface area contributed by atoms with Gasteiger partial charge in [0.25, 0.3) is 0 Å². The first-order valence-corrected chi connectivity index (χ1v) is 7.00. The number of benzene rings is 2. The average molecular weight is 321 g/mol. The molecule has 1 saturated carbocycles. The zero-order chi connectivity index (χ0) is 13.4. The van der Waals surface area contributed by atoms with E-state index in [0.29, 0.717) is 22.1 Å².